The maximum atomic E-state index is 6.06. The summed E-state index contributed by atoms with van der Waals surface area (Å²) < 4.78 is 24.2. The quantitative estimate of drug-likeness (QED) is 0.118. The fourth-order valence-electron chi connectivity index (χ4n) is 5.04. The molecule has 6 aromatic carbocycles. The highest BCUT2D eigenvalue weighted by molar-refractivity contribution is 5.51. The van der Waals surface area contributed by atoms with Crippen molar-refractivity contribution < 1.29 is 18.9 Å². The largest absolute Gasteiger partial charge is 0.489 e. The summed E-state index contributed by atoms with van der Waals surface area (Å²) in [6, 6.07) is 51.1. The molecule has 0 saturated heterocycles. The van der Waals surface area contributed by atoms with Gasteiger partial charge in [-0.2, -0.15) is 0 Å². The molecule has 6 aromatic rings. The van der Waals surface area contributed by atoms with Gasteiger partial charge in [0, 0.05) is 23.3 Å². The molecule has 0 aliphatic rings. The van der Waals surface area contributed by atoms with Crippen molar-refractivity contribution in [2.45, 2.75) is 26.4 Å². The van der Waals surface area contributed by atoms with Crippen LogP contribution in [-0.4, -0.2) is 0 Å². The van der Waals surface area contributed by atoms with Crippen molar-refractivity contribution in [2.24, 2.45) is 0 Å². The van der Waals surface area contributed by atoms with Gasteiger partial charge in [0.05, 0.1) is 0 Å². The molecular weight excluding hydrogens is 689 g/mol. The summed E-state index contributed by atoms with van der Waals surface area (Å²) in [5.41, 5.74) is 5.67. The van der Waals surface area contributed by atoms with Gasteiger partial charge in [-0.3, -0.25) is 0 Å². The molecule has 56 heavy (non-hydrogen) atoms. The van der Waals surface area contributed by atoms with Crippen LogP contribution in [0.25, 0.3) is 0 Å². The summed E-state index contributed by atoms with van der Waals surface area (Å²) in [5, 5.41) is 0. The van der Waals surface area contributed by atoms with Gasteiger partial charge >= 0.3 is 0 Å². The fraction of sp³-hybridized carbons (Fsp3) is 0.0769. The van der Waals surface area contributed by atoms with Crippen LogP contribution in [-0.2, 0) is 26.4 Å². The Kier molecular flexibility index (Phi) is 14.4. The summed E-state index contributed by atoms with van der Waals surface area (Å²) in [5.74, 6) is 36.0. The lowest BCUT2D eigenvalue weighted by Gasteiger charge is -2.11. The van der Waals surface area contributed by atoms with E-state index in [0.29, 0.717) is 60.6 Å². The summed E-state index contributed by atoms with van der Waals surface area (Å²) in [6.45, 7) is 1.70. The third-order valence-electron chi connectivity index (χ3n) is 7.73. The molecule has 0 aliphatic heterocycles. The van der Waals surface area contributed by atoms with Crippen molar-refractivity contribution in [3.05, 3.63) is 191 Å². The van der Waals surface area contributed by atoms with Crippen molar-refractivity contribution in [2.75, 3.05) is 0 Å². The van der Waals surface area contributed by atoms with E-state index in [0.717, 1.165) is 22.3 Å². The first-order chi connectivity index (χ1) is 27.7. The molecule has 0 unspecified atom stereocenters. The van der Waals surface area contributed by atoms with Crippen molar-refractivity contribution in [1.82, 2.24) is 0 Å². The highest BCUT2D eigenvalue weighted by atomic mass is 16.5. The fourth-order valence-corrected chi connectivity index (χ4v) is 5.04. The van der Waals surface area contributed by atoms with Crippen molar-refractivity contribution in [3.8, 4) is 94.0 Å². The first-order valence-corrected chi connectivity index (χ1v) is 17.7. The molecular formula is C52H34O4. The zero-order valence-corrected chi connectivity index (χ0v) is 30.5. The highest BCUT2D eigenvalue weighted by Crippen LogP contribution is 2.26. The summed E-state index contributed by atoms with van der Waals surface area (Å²) in [6.07, 6.45) is 0. The maximum absolute atomic E-state index is 6.06. The smallest absolute Gasteiger partial charge is 0.124 e. The van der Waals surface area contributed by atoms with Crippen LogP contribution in [0.4, 0.5) is 0 Å². The third kappa shape index (κ3) is 13.5. The molecule has 0 atom stereocenters. The van der Waals surface area contributed by atoms with E-state index >= 15 is 0 Å². The molecule has 6 rings (SSSR count). The van der Waals surface area contributed by atoms with E-state index in [1.54, 1.807) is 0 Å². The zero-order valence-electron chi connectivity index (χ0n) is 30.5. The van der Waals surface area contributed by atoms with Crippen LogP contribution in [0, 0.1) is 71.0 Å². The lowest BCUT2D eigenvalue weighted by Crippen LogP contribution is -1.98. The molecule has 0 saturated carbocycles. The standard InChI is InChI=1S/C52H34O4/c1(3-5-7-13-31-47-33-49(53-39-43-23-15-9-16-24-43)37-50(34-47)54-40-44-25-17-10-18-26-44)2-4-6-8-14-32-48-35-51(55-41-45-27-19-11-20-28-45)38-52(36-48)56-42-46-29-21-12-22-30-46/h9-12,15-30,33-38H,39-42H2. The summed E-state index contributed by atoms with van der Waals surface area (Å²) in [7, 11) is 0. The summed E-state index contributed by atoms with van der Waals surface area (Å²) >= 11 is 0. The molecule has 4 nitrogen and oxygen atoms in total. The van der Waals surface area contributed by atoms with Crippen LogP contribution < -0.4 is 18.9 Å². The minimum Gasteiger partial charge on any atom is -0.489 e. The van der Waals surface area contributed by atoms with Gasteiger partial charge in [-0.05, 0) is 106 Å². The van der Waals surface area contributed by atoms with E-state index in [1.807, 2.05) is 158 Å². The monoisotopic (exact) mass is 722 g/mol. The maximum Gasteiger partial charge on any atom is 0.124 e. The Morgan fingerprint density at radius 2 is 0.500 bits per heavy atom. The SMILES string of the molecule is C(C#CC#CC#Cc1cc(OCc2ccccc2)cc(OCc2ccccc2)c1)#CC#CC#Cc1cc(OCc2ccccc2)cc(OCc2ccccc2)c1. The van der Waals surface area contributed by atoms with Gasteiger partial charge in [0.1, 0.15) is 49.4 Å². The predicted molar refractivity (Wildman–Crippen MR) is 221 cm³/mol. The van der Waals surface area contributed by atoms with Crippen LogP contribution >= 0.6 is 0 Å². The van der Waals surface area contributed by atoms with E-state index < -0.39 is 0 Å². The number of benzene rings is 6. The van der Waals surface area contributed by atoms with Gasteiger partial charge in [-0.25, -0.2) is 0 Å². The van der Waals surface area contributed by atoms with Crippen LogP contribution in [0.5, 0.6) is 23.0 Å². The minimum atomic E-state index is 0.425. The molecule has 0 aromatic heterocycles. The van der Waals surface area contributed by atoms with E-state index in [1.165, 1.54) is 0 Å². The molecule has 0 bridgehead atoms. The Bertz CT molecular complexity index is 2290. The van der Waals surface area contributed by atoms with Crippen molar-refractivity contribution in [1.29, 1.82) is 0 Å². The molecule has 0 heterocycles. The number of hydrogen-bond donors (Lipinski definition) is 0. The average molecular weight is 723 g/mol. The second-order valence-corrected chi connectivity index (χ2v) is 12.0. The van der Waals surface area contributed by atoms with E-state index in [9.17, 15) is 0 Å². The van der Waals surface area contributed by atoms with Crippen LogP contribution in [0.15, 0.2) is 158 Å². The van der Waals surface area contributed by atoms with Crippen molar-refractivity contribution in [3.63, 3.8) is 0 Å². The molecule has 0 radical (unpaired) electrons. The number of rotatable bonds is 12. The Morgan fingerprint density at radius 3 is 0.750 bits per heavy atom. The van der Waals surface area contributed by atoms with E-state index in [-0.39, 0.29) is 0 Å². The van der Waals surface area contributed by atoms with Crippen molar-refractivity contribution >= 4 is 0 Å². The topological polar surface area (TPSA) is 36.9 Å². The molecule has 0 amide bonds. The first kappa shape index (κ1) is 37.6. The van der Waals surface area contributed by atoms with E-state index in [2.05, 4.69) is 71.0 Å². The molecule has 266 valence electrons. The lowest BCUT2D eigenvalue weighted by molar-refractivity contribution is 0.289. The normalized spacial score (nSPS) is 9.21. The predicted octanol–water partition coefficient (Wildman–Crippen LogP) is 9.42. The zero-order chi connectivity index (χ0) is 38.3. The number of hydrogen-bond acceptors (Lipinski definition) is 4. The molecule has 4 heteroatoms. The Balaban J connectivity index is 1.06. The molecule has 0 spiro atoms. The van der Waals surface area contributed by atoms with Gasteiger partial charge in [0.2, 0.25) is 0 Å². The van der Waals surface area contributed by atoms with Gasteiger partial charge < -0.3 is 18.9 Å². The first-order valence-electron chi connectivity index (χ1n) is 17.7. The third-order valence-corrected chi connectivity index (χ3v) is 7.73. The van der Waals surface area contributed by atoms with Gasteiger partial charge in [0.15, 0.2) is 0 Å². The number of ether oxygens (including phenoxy) is 4. The van der Waals surface area contributed by atoms with E-state index in [4.69, 9.17) is 18.9 Å². The second kappa shape index (κ2) is 21.4. The molecule has 0 aliphatic carbocycles. The summed E-state index contributed by atoms with van der Waals surface area (Å²) in [4.78, 5) is 0. The van der Waals surface area contributed by atoms with Gasteiger partial charge in [0.25, 0.3) is 0 Å². The lowest BCUT2D eigenvalue weighted by atomic mass is 10.2. The highest BCUT2D eigenvalue weighted by Gasteiger charge is 2.06. The van der Waals surface area contributed by atoms with Crippen LogP contribution in [0.1, 0.15) is 33.4 Å². The Morgan fingerprint density at radius 1 is 0.268 bits per heavy atom. The Hall–Kier alpha value is -8.12. The van der Waals surface area contributed by atoms with Crippen LogP contribution in [0.3, 0.4) is 0 Å². The van der Waals surface area contributed by atoms with Gasteiger partial charge in [-0.1, -0.05) is 133 Å². The average Bonchev–Trinajstić information content (AvgIpc) is 3.25. The minimum absolute atomic E-state index is 0.425. The molecule has 0 fully saturated rings. The van der Waals surface area contributed by atoms with Crippen LogP contribution in [0.2, 0.25) is 0 Å². The Labute approximate surface area is 329 Å². The van der Waals surface area contributed by atoms with Gasteiger partial charge in [-0.15, -0.1) is 0 Å². The second-order valence-electron chi connectivity index (χ2n) is 12.0. The molecule has 0 N–H and O–H groups in total.